The van der Waals surface area contributed by atoms with E-state index in [4.69, 9.17) is 5.73 Å². The number of rotatable bonds is 3. The van der Waals surface area contributed by atoms with Gasteiger partial charge >= 0.3 is 0 Å². The van der Waals surface area contributed by atoms with Crippen LogP contribution in [0.1, 0.15) is 11.7 Å². The lowest BCUT2D eigenvalue weighted by molar-refractivity contribution is 0.0346. The molecule has 0 fully saturated rings. The number of fused-ring (bicyclic) bond motifs is 1. The second-order valence-corrected chi connectivity index (χ2v) is 4.87. The number of aromatic nitrogens is 1. The molecular formula is C10H12N2O2S2. The van der Waals surface area contributed by atoms with E-state index in [1.165, 1.54) is 11.3 Å². The van der Waals surface area contributed by atoms with Crippen molar-refractivity contribution in [2.45, 2.75) is 12.2 Å². The van der Waals surface area contributed by atoms with Gasteiger partial charge in [-0.3, -0.25) is 0 Å². The molecule has 0 radical (unpaired) electrons. The minimum Gasteiger partial charge on any atom is -0.389 e. The zero-order valence-corrected chi connectivity index (χ0v) is 10.1. The Labute approximate surface area is 102 Å². The lowest BCUT2D eigenvalue weighted by atomic mass is 10.0. The summed E-state index contributed by atoms with van der Waals surface area (Å²) in [5.74, 6) is 0.192. The molecule has 0 spiro atoms. The van der Waals surface area contributed by atoms with E-state index in [-0.39, 0.29) is 5.75 Å². The van der Waals surface area contributed by atoms with Gasteiger partial charge in [0.05, 0.1) is 16.3 Å². The first kappa shape index (κ1) is 11.7. The van der Waals surface area contributed by atoms with Gasteiger partial charge in [0.2, 0.25) is 0 Å². The summed E-state index contributed by atoms with van der Waals surface area (Å²) in [5, 5.41) is 19.9. The fraction of sp³-hybridized carbons (Fsp3) is 0.300. The van der Waals surface area contributed by atoms with Crippen LogP contribution in [0.3, 0.4) is 0 Å². The van der Waals surface area contributed by atoms with Gasteiger partial charge in [-0.2, -0.15) is 12.6 Å². The van der Waals surface area contributed by atoms with Crippen molar-refractivity contribution in [2.24, 2.45) is 0 Å². The summed E-state index contributed by atoms with van der Waals surface area (Å²) in [4.78, 5) is 4.15. The second kappa shape index (κ2) is 4.58. The number of hydrogen-bond donors (Lipinski definition) is 4. The quantitative estimate of drug-likeness (QED) is 0.622. The third kappa shape index (κ3) is 2.01. The maximum atomic E-state index is 9.92. The number of para-hydroxylation sites is 1. The van der Waals surface area contributed by atoms with E-state index < -0.39 is 12.2 Å². The predicted octanol–water partition coefficient (Wildman–Crippen LogP) is 1.20. The van der Waals surface area contributed by atoms with Crippen LogP contribution >= 0.6 is 24.0 Å². The molecule has 0 amide bonds. The molecule has 16 heavy (non-hydrogen) atoms. The first-order chi connectivity index (χ1) is 7.63. The summed E-state index contributed by atoms with van der Waals surface area (Å²) in [6.07, 6.45) is -1.89. The summed E-state index contributed by atoms with van der Waals surface area (Å²) < 4.78 is 0.903. The van der Waals surface area contributed by atoms with Crippen molar-refractivity contribution in [3.63, 3.8) is 0 Å². The molecule has 2 aromatic rings. The molecule has 1 heterocycles. The number of aliphatic hydroxyl groups excluding tert-OH is 2. The van der Waals surface area contributed by atoms with Crippen molar-refractivity contribution in [1.82, 2.24) is 4.98 Å². The van der Waals surface area contributed by atoms with E-state index in [9.17, 15) is 10.2 Å². The lowest BCUT2D eigenvalue weighted by Gasteiger charge is -2.16. The van der Waals surface area contributed by atoms with Gasteiger partial charge in [-0.25, -0.2) is 4.98 Å². The van der Waals surface area contributed by atoms with Crippen molar-refractivity contribution < 1.29 is 10.2 Å². The van der Waals surface area contributed by atoms with Crippen LogP contribution in [0.4, 0.5) is 5.13 Å². The number of anilines is 1. The predicted molar refractivity (Wildman–Crippen MR) is 68.9 cm³/mol. The Hall–Kier alpha value is -0.820. The maximum absolute atomic E-state index is 9.92. The van der Waals surface area contributed by atoms with Gasteiger partial charge in [0, 0.05) is 11.3 Å². The summed E-state index contributed by atoms with van der Waals surface area (Å²) in [7, 11) is 0. The van der Waals surface area contributed by atoms with Crippen LogP contribution in [0, 0.1) is 0 Å². The first-order valence-electron chi connectivity index (χ1n) is 4.75. The number of nitrogens with zero attached hydrogens (tertiary/aromatic N) is 1. The van der Waals surface area contributed by atoms with Crippen LogP contribution in [0.25, 0.3) is 10.2 Å². The number of thiazole rings is 1. The van der Waals surface area contributed by atoms with Crippen molar-refractivity contribution in [3.05, 3.63) is 23.8 Å². The Morgan fingerprint density at radius 1 is 1.44 bits per heavy atom. The molecular weight excluding hydrogens is 244 g/mol. The Morgan fingerprint density at radius 2 is 2.19 bits per heavy atom. The number of thiol groups is 1. The zero-order valence-electron chi connectivity index (χ0n) is 8.37. The molecule has 2 unspecified atom stereocenters. The molecule has 0 aliphatic heterocycles. The Morgan fingerprint density at radius 3 is 2.88 bits per heavy atom. The number of nitrogen functional groups attached to an aromatic ring is 1. The van der Waals surface area contributed by atoms with Crippen molar-refractivity contribution in [1.29, 1.82) is 0 Å². The second-order valence-electron chi connectivity index (χ2n) is 3.44. The van der Waals surface area contributed by atoms with Gasteiger partial charge in [-0.15, -0.1) is 0 Å². The Kier molecular flexibility index (Phi) is 3.34. The largest absolute Gasteiger partial charge is 0.389 e. The normalized spacial score (nSPS) is 15.2. The molecule has 6 heteroatoms. The van der Waals surface area contributed by atoms with Gasteiger partial charge < -0.3 is 15.9 Å². The molecule has 0 saturated heterocycles. The van der Waals surface area contributed by atoms with E-state index in [1.807, 2.05) is 12.1 Å². The third-order valence-electron chi connectivity index (χ3n) is 2.34. The topological polar surface area (TPSA) is 79.4 Å². The molecule has 4 nitrogen and oxygen atoms in total. The molecule has 0 aliphatic rings. The van der Waals surface area contributed by atoms with Crippen LogP contribution in [0.2, 0.25) is 0 Å². The van der Waals surface area contributed by atoms with E-state index >= 15 is 0 Å². The van der Waals surface area contributed by atoms with E-state index in [0.717, 1.165) is 4.70 Å². The van der Waals surface area contributed by atoms with Crippen molar-refractivity contribution in [3.8, 4) is 0 Å². The fourth-order valence-electron chi connectivity index (χ4n) is 1.53. The SMILES string of the molecule is Nc1nc2c(C(O)C(O)CS)cccc2s1. The number of nitrogens with two attached hydrogens (primary N) is 1. The molecule has 0 aliphatic carbocycles. The molecule has 2 atom stereocenters. The van der Waals surface area contributed by atoms with Crippen LogP contribution in [0.5, 0.6) is 0 Å². The first-order valence-corrected chi connectivity index (χ1v) is 6.20. The number of hydrogen-bond acceptors (Lipinski definition) is 6. The van der Waals surface area contributed by atoms with E-state index in [1.54, 1.807) is 6.07 Å². The standard InChI is InChI=1S/C10H12N2O2S2/c11-10-12-8-5(9(14)6(13)4-15)2-1-3-7(8)16-10/h1-3,6,9,13-15H,4H2,(H2,11,12). The molecule has 86 valence electrons. The summed E-state index contributed by atoms with van der Waals surface area (Å²) in [6, 6.07) is 5.43. The molecule has 1 aromatic heterocycles. The molecule has 0 bridgehead atoms. The monoisotopic (exact) mass is 256 g/mol. The van der Waals surface area contributed by atoms with Crippen LogP contribution in [-0.2, 0) is 0 Å². The summed E-state index contributed by atoms with van der Waals surface area (Å²) in [6.45, 7) is 0. The van der Waals surface area contributed by atoms with Gasteiger partial charge in [-0.05, 0) is 6.07 Å². The van der Waals surface area contributed by atoms with Crippen molar-refractivity contribution >= 4 is 39.3 Å². The number of benzene rings is 1. The highest BCUT2D eigenvalue weighted by molar-refractivity contribution is 7.80. The lowest BCUT2D eigenvalue weighted by Crippen LogP contribution is -2.19. The smallest absolute Gasteiger partial charge is 0.181 e. The Balaban J connectivity index is 2.51. The highest BCUT2D eigenvalue weighted by Gasteiger charge is 2.20. The van der Waals surface area contributed by atoms with Crippen LogP contribution in [0.15, 0.2) is 18.2 Å². The Bertz CT molecular complexity index is 501. The van der Waals surface area contributed by atoms with E-state index in [0.29, 0.717) is 16.2 Å². The van der Waals surface area contributed by atoms with Gasteiger partial charge in [0.1, 0.15) is 6.10 Å². The molecule has 4 N–H and O–H groups in total. The fourth-order valence-corrected chi connectivity index (χ4v) is 2.50. The third-order valence-corrected chi connectivity index (χ3v) is 3.56. The minimum atomic E-state index is -0.984. The van der Waals surface area contributed by atoms with E-state index in [2.05, 4.69) is 17.6 Å². The average Bonchev–Trinajstić information content (AvgIpc) is 2.66. The number of aliphatic hydroxyl groups is 2. The van der Waals surface area contributed by atoms with Crippen LogP contribution in [-0.4, -0.2) is 27.1 Å². The zero-order chi connectivity index (χ0) is 11.7. The summed E-state index contributed by atoms with van der Waals surface area (Å²) >= 11 is 5.31. The van der Waals surface area contributed by atoms with Gasteiger partial charge in [-0.1, -0.05) is 23.5 Å². The highest BCUT2D eigenvalue weighted by atomic mass is 32.1. The van der Waals surface area contributed by atoms with Gasteiger partial charge in [0.25, 0.3) is 0 Å². The molecule has 0 saturated carbocycles. The van der Waals surface area contributed by atoms with Crippen molar-refractivity contribution in [2.75, 3.05) is 11.5 Å². The average molecular weight is 256 g/mol. The minimum absolute atomic E-state index is 0.192. The van der Waals surface area contributed by atoms with Crippen LogP contribution < -0.4 is 5.73 Å². The molecule has 1 aromatic carbocycles. The summed E-state index contributed by atoms with van der Waals surface area (Å²) in [5.41, 5.74) is 6.86. The highest BCUT2D eigenvalue weighted by Crippen LogP contribution is 2.30. The molecule has 2 rings (SSSR count). The maximum Gasteiger partial charge on any atom is 0.181 e. The van der Waals surface area contributed by atoms with Gasteiger partial charge in [0.15, 0.2) is 5.13 Å².